The Kier molecular flexibility index (Phi) is 4.67. The Bertz CT molecular complexity index is 1300. The molecule has 0 fully saturated rings. The van der Waals surface area contributed by atoms with Gasteiger partial charge in [0.05, 0.1) is 17.7 Å². The minimum Gasteiger partial charge on any atom is -0.496 e. The number of aryl methyl sites for hydroxylation is 2. The molecule has 2 aromatic carbocycles. The van der Waals surface area contributed by atoms with Crippen molar-refractivity contribution in [3.05, 3.63) is 66.0 Å². The molecule has 8 nitrogen and oxygen atoms in total. The quantitative estimate of drug-likeness (QED) is 0.543. The molecule has 4 rings (SSSR count). The lowest BCUT2D eigenvalue weighted by Gasteiger charge is -2.11. The van der Waals surface area contributed by atoms with Gasteiger partial charge in [-0.25, -0.2) is 8.42 Å². The van der Waals surface area contributed by atoms with E-state index < -0.39 is 10.0 Å². The number of methoxy groups -OCH3 is 1. The van der Waals surface area contributed by atoms with E-state index in [0.29, 0.717) is 22.9 Å². The number of anilines is 1. The first-order valence-electron chi connectivity index (χ1n) is 8.84. The highest BCUT2D eigenvalue weighted by atomic mass is 32.2. The molecule has 0 amide bonds. The molecule has 0 unspecified atom stereocenters. The smallest absolute Gasteiger partial charge is 0.261 e. The molecule has 0 radical (unpaired) electrons. The maximum Gasteiger partial charge on any atom is 0.261 e. The van der Waals surface area contributed by atoms with Crippen LogP contribution in [0, 0.1) is 13.8 Å². The van der Waals surface area contributed by atoms with Gasteiger partial charge in [-0.1, -0.05) is 12.1 Å². The second-order valence-corrected chi connectivity index (χ2v) is 8.23. The van der Waals surface area contributed by atoms with Crippen LogP contribution in [0.5, 0.6) is 5.75 Å². The van der Waals surface area contributed by atoms with Crippen LogP contribution in [-0.2, 0) is 10.0 Å². The summed E-state index contributed by atoms with van der Waals surface area (Å²) < 4.78 is 34.8. The Hall–Kier alpha value is -3.46. The molecular weight excluding hydrogens is 390 g/mol. The van der Waals surface area contributed by atoms with Crippen LogP contribution >= 0.6 is 0 Å². The zero-order valence-electron chi connectivity index (χ0n) is 16.1. The minimum atomic E-state index is -3.71. The molecule has 0 atom stereocenters. The molecule has 2 aromatic heterocycles. The van der Waals surface area contributed by atoms with Crippen LogP contribution in [-0.4, -0.2) is 35.3 Å². The maximum absolute atomic E-state index is 12.7. The van der Waals surface area contributed by atoms with Crippen molar-refractivity contribution in [2.75, 3.05) is 11.8 Å². The third-order valence-corrected chi connectivity index (χ3v) is 5.91. The van der Waals surface area contributed by atoms with E-state index in [4.69, 9.17) is 4.74 Å². The lowest BCUT2D eigenvalue weighted by atomic mass is 10.1. The zero-order chi connectivity index (χ0) is 20.6. The van der Waals surface area contributed by atoms with Crippen molar-refractivity contribution in [2.24, 2.45) is 0 Å². The van der Waals surface area contributed by atoms with E-state index in [1.54, 1.807) is 42.8 Å². The van der Waals surface area contributed by atoms with E-state index in [9.17, 15) is 8.42 Å². The molecule has 29 heavy (non-hydrogen) atoms. The fraction of sp³-hybridized carbons (Fsp3) is 0.150. The van der Waals surface area contributed by atoms with E-state index in [-0.39, 0.29) is 4.90 Å². The van der Waals surface area contributed by atoms with Crippen LogP contribution in [0.15, 0.2) is 59.5 Å². The number of sulfonamides is 1. The van der Waals surface area contributed by atoms with Crippen molar-refractivity contribution < 1.29 is 13.2 Å². The van der Waals surface area contributed by atoms with E-state index in [2.05, 4.69) is 20.0 Å². The average molecular weight is 409 g/mol. The molecule has 4 aromatic rings. The van der Waals surface area contributed by atoms with Crippen molar-refractivity contribution in [3.8, 4) is 17.0 Å². The molecule has 0 aliphatic carbocycles. The van der Waals surface area contributed by atoms with Crippen LogP contribution in [0.25, 0.3) is 16.9 Å². The van der Waals surface area contributed by atoms with Gasteiger partial charge < -0.3 is 4.74 Å². The summed E-state index contributed by atoms with van der Waals surface area (Å²) in [7, 11) is -2.16. The number of rotatable bonds is 5. The van der Waals surface area contributed by atoms with Gasteiger partial charge in [0.25, 0.3) is 10.0 Å². The number of hydrogen-bond acceptors (Lipinski definition) is 6. The number of ether oxygens (including phenoxy) is 1. The van der Waals surface area contributed by atoms with Gasteiger partial charge >= 0.3 is 0 Å². The van der Waals surface area contributed by atoms with Gasteiger partial charge in [-0.3, -0.25) is 4.72 Å². The largest absolute Gasteiger partial charge is 0.496 e. The Morgan fingerprint density at radius 2 is 1.72 bits per heavy atom. The molecule has 1 N–H and O–H groups in total. The average Bonchev–Trinajstić information content (AvgIpc) is 3.08. The highest BCUT2D eigenvalue weighted by Gasteiger charge is 2.16. The standard InChI is InChI=1S/C20H19N5O3S/c1-13-12-17(8-10-19(13)28-3)29(26,27)24-16-6-4-15(5-7-16)18-9-11-20-22-21-14(2)25(20)23-18/h4-12,24H,1-3H3. The van der Waals surface area contributed by atoms with E-state index in [0.717, 1.165) is 16.8 Å². The maximum atomic E-state index is 12.7. The summed E-state index contributed by atoms with van der Waals surface area (Å²) in [6.07, 6.45) is 0. The van der Waals surface area contributed by atoms with Crippen LogP contribution in [0.1, 0.15) is 11.4 Å². The van der Waals surface area contributed by atoms with Crippen molar-refractivity contribution in [3.63, 3.8) is 0 Å². The van der Waals surface area contributed by atoms with Crippen LogP contribution in [0.2, 0.25) is 0 Å². The molecule has 2 heterocycles. The van der Waals surface area contributed by atoms with E-state index in [1.807, 2.05) is 31.2 Å². The van der Waals surface area contributed by atoms with Crippen molar-refractivity contribution in [1.29, 1.82) is 0 Å². The number of nitrogens with zero attached hydrogens (tertiary/aromatic N) is 4. The van der Waals surface area contributed by atoms with Crippen LogP contribution in [0.3, 0.4) is 0 Å². The summed E-state index contributed by atoms with van der Waals surface area (Å²) in [6, 6.07) is 15.5. The van der Waals surface area contributed by atoms with Crippen LogP contribution < -0.4 is 9.46 Å². The molecule has 0 spiro atoms. The van der Waals surface area contributed by atoms with Crippen molar-refractivity contribution >= 4 is 21.4 Å². The van der Waals surface area contributed by atoms with Gasteiger partial charge in [0.2, 0.25) is 0 Å². The summed E-state index contributed by atoms with van der Waals surface area (Å²) in [5.41, 5.74) is 3.47. The Balaban J connectivity index is 1.58. The number of aromatic nitrogens is 4. The summed E-state index contributed by atoms with van der Waals surface area (Å²) in [5.74, 6) is 1.34. The summed E-state index contributed by atoms with van der Waals surface area (Å²) in [5, 5.41) is 12.5. The molecule has 0 saturated heterocycles. The highest BCUT2D eigenvalue weighted by Crippen LogP contribution is 2.25. The lowest BCUT2D eigenvalue weighted by molar-refractivity contribution is 0.411. The molecule has 0 aliphatic rings. The zero-order valence-corrected chi connectivity index (χ0v) is 16.9. The SMILES string of the molecule is COc1ccc(S(=O)(=O)Nc2ccc(-c3ccc4nnc(C)n4n3)cc2)cc1C. The third kappa shape index (κ3) is 3.64. The van der Waals surface area contributed by atoms with Gasteiger partial charge in [-0.15, -0.1) is 10.2 Å². The highest BCUT2D eigenvalue weighted by molar-refractivity contribution is 7.92. The fourth-order valence-corrected chi connectivity index (χ4v) is 4.13. The Morgan fingerprint density at radius 1 is 0.966 bits per heavy atom. The number of fused-ring (bicyclic) bond motifs is 1. The molecule has 148 valence electrons. The molecule has 0 aliphatic heterocycles. The first-order valence-corrected chi connectivity index (χ1v) is 10.3. The predicted octanol–water partition coefficient (Wildman–Crippen LogP) is 3.22. The number of nitrogens with one attached hydrogen (secondary N) is 1. The van der Waals surface area contributed by atoms with Gasteiger partial charge in [0.1, 0.15) is 5.75 Å². The first-order chi connectivity index (χ1) is 13.9. The van der Waals surface area contributed by atoms with Gasteiger partial charge in [0.15, 0.2) is 11.5 Å². The fourth-order valence-electron chi connectivity index (χ4n) is 2.99. The van der Waals surface area contributed by atoms with Gasteiger partial charge in [-0.2, -0.15) is 9.61 Å². The van der Waals surface area contributed by atoms with Crippen molar-refractivity contribution in [1.82, 2.24) is 19.8 Å². The monoisotopic (exact) mass is 409 g/mol. The Morgan fingerprint density at radius 3 is 2.41 bits per heavy atom. The second kappa shape index (κ2) is 7.17. The summed E-state index contributed by atoms with van der Waals surface area (Å²) in [4.78, 5) is 0.176. The predicted molar refractivity (Wildman–Crippen MR) is 109 cm³/mol. The van der Waals surface area contributed by atoms with Gasteiger partial charge in [-0.05, 0) is 61.9 Å². The summed E-state index contributed by atoms with van der Waals surface area (Å²) in [6.45, 7) is 3.63. The topological polar surface area (TPSA) is 98.5 Å². The molecular formula is C20H19N5O3S. The Labute approximate surface area is 168 Å². The van der Waals surface area contributed by atoms with E-state index >= 15 is 0 Å². The number of benzene rings is 2. The summed E-state index contributed by atoms with van der Waals surface area (Å²) >= 11 is 0. The van der Waals surface area contributed by atoms with Crippen LogP contribution in [0.4, 0.5) is 5.69 Å². The van der Waals surface area contributed by atoms with Crippen molar-refractivity contribution in [2.45, 2.75) is 18.7 Å². The molecule has 9 heteroatoms. The third-order valence-electron chi connectivity index (χ3n) is 4.53. The molecule has 0 bridgehead atoms. The lowest BCUT2D eigenvalue weighted by Crippen LogP contribution is -2.13. The molecule has 0 saturated carbocycles. The van der Waals surface area contributed by atoms with E-state index in [1.165, 1.54) is 6.07 Å². The first kappa shape index (κ1) is 18.9. The normalized spacial score (nSPS) is 11.6. The number of hydrogen-bond donors (Lipinski definition) is 1. The minimum absolute atomic E-state index is 0.176. The van der Waals surface area contributed by atoms with Gasteiger partial charge in [0, 0.05) is 11.3 Å². The second-order valence-electron chi connectivity index (χ2n) is 6.55.